The molecule has 0 radical (unpaired) electrons. The maximum absolute atomic E-state index is 12.0. The fraction of sp³-hybridized carbons (Fsp3) is 0.467. The number of hydrogen-bond donors (Lipinski definition) is 1. The van der Waals surface area contributed by atoms with Crippen LogP contribution in [0, 0.1) is 0 Å². The number of rotatable bonds is 7. The van der Waals surface area contributed by atoms with E-state index >= 15 is 0 Å². The number of sulfone groups is 1. The van der Waals surface area contributed by atoms with Gasteiger partial charge in [-0.1, -0.05) is 24.2 Å². The molecule has 2 aromatic rings. The number of aromatic nitrogens is 2. The summed E-state index contributed by atoms with van der Waals surface area (Å²) in [6.07, 6.45) is 0.728. The third kappa shape index (κ3) is 4.30. The normalized spacial score (nSPS) is 11.8. The van der Waals surface area contributed by atoms with Crippen molar-refractivity contribution in [2.24, 2.45) is 0 Å². The van der Waals surface area contributed by atoms with Gasteiger partial charge in [0.05, 0.1) is 17.5 Å². The van der Waals surface area contributed by atoms with Crippen molar-refractivity contribution in [1.82, 2.24) is 10.1 Å². The predicted molar refractivity (Wildman–Crippen MR) is 85.2 cm³/mol. The molecule has 1 aromatic heterocycles. The van der Waals surface area contributed by atoms with Crippen LogP contribution in [0.2, 0.25) is 0 Å². The molecule has 1 heterocycles. The Morgan fingerprint density at radius 1 is 1.32 bits per heavy atom. The van der Waals surface area contributed by atoms with E-state index in [0.717, 1.165) is 17.7 Å². The minimum atomic E-state index is -3.10. The van der Waals surface area contributed by atoms with Crippen LogP contribution in [0.5, 0.6) is 0 Å². The molecule has 0 aliphatic rings. The summed E-state index contributed by atoms with van der Waals surface area (Å²) < 4.78 is 29.0. The van der Waals surface area contributed by atoms with Gasteiger partial charge in [-0.05, 0) is 31.5 Å². The Bertz CT molecular complexity index is 723. The highest BCUT2D eigenvalue weighted by Crippen LogP contribution is 2.16. The van der Waals surface area contributed by atoms with Gasteiger partial charge in [0.1, 0.15) is 0 Å². The lowest BCUT2D eigenvalue weighted by Crippen LogP contribution is -2.16. The molecule has 7 heteroatoms. The van der Waals surface area contributed by atoms with Crippen LogP contribution in [0.3, 0.4) is 0 Å². The van der Waals surface area contributed by atoms with Crippen molar-refractivity contribution < 1.29 is 12.9 Å². The molecule has 0 saturated heterocycles. The second kappa shape index (κ2) is 6.91. The van der Waals surface area contributed by atoms with Gasteiger partial charge in [0.15, 0.2) is 15.7 Å². The molecular formula is C15H21N3O3S. The molecule has 1 N–H and O–H groups in total. The van der Waals surface area contributed by atoms with Crippen LogP contribution in [0.1, 0.15) is 38.0 Å². The number of nitrogens with one attached hydrogen (secondary N) is 1. The summed E-state index contributed by atoms with van der Waals surface area (Å²) in [6, 6.07) is 7.35. The quantitative estimate of drug-likeness (QED) is 0.843. The molecule has 6 nitrogen and oxygen atoms in total. The lowest BCUT2D eigenvalue weighted by atomic mass is 10.2. The first-order chi connectivity index (χ1) is 10.4. The Balaban J connectivity index is 2.02. The molecule has 0 unspecified atom stereocenters. The average molecular weight is 323 g/mol. The van der Waals surface area contributed by atoms with E-state index in [2.05, 4.69) is 15.5 Å². The average Bonchev–Trinajstić information content (AvgIpc) is 2.93. The largest absolute Gasteiger partial charge is 0.376 e. The monoisotopic (exact) mass is 323 g/mol. The van der Waals surface area contributed by atoms with E-state index in [9.17, 15) is 8.42 Å². The van der Waals surface area contributed by atoms with Gasteiger partial charge < -0.3 is 9.84 Å². The third-order valence-corrected chi connectivity index (χ3v) is 5.46. The smallest absolute Gasteiger partial charge is 0.245 e. The zero-order chi connectivity index (χ0) is 16.2. The second-order valence-corrected chi connectivity index (χ2v) is 7.92. The van der Waals surface area contributed by atoms with Crippen molar-refractivity contribution in [2.75, 3.05) is 5.32 Å². The molecule has 0 fully saturated rings. The fourth-order valence-corrected chi connectivity index (χ4v) is 2.83. The van der Waals surface area contributed by atoms with E-state index < -0.39 is 9.84 Å². The Labute approximate surface area is 130 Å². The first-order valence-electron chi connectivity index (χ1n) is 7.26. The number of anilines is 1. The maximum atomic E-state index is 12.0. The molecule has 0 amide bonds. The van der Waals surface area contributed by atoms with E-state index in [1.165, 1.54) is 0 Å². The van der Waals surface area contributed by atoms with Gasteiger partial charge in [-0.25, -0.2) is 8.42 Å². The molecule has 1 aromatic carbocycles. The lowest BCUT2D eigenvalue weighted by Gasteiger charge is -2.09. The molecule has 0 aliphatic carbocycles. The van der Waals surface area contributed by atoms with Crippen LogP contribution in [0.15, 0.2) is 28.8 Å². The first kappa shape index (κ1) is 16.5. The van der Waals surface area contributed by atoms with Crippen molar-refractivity contribution in [3.8, 4) is 0 Å². The van der Waals surface area contributed by atoms with E-state index in [-0.39, 0.29) is 11.0 Å². The highest BCUT2D eigenvalue weighted by molar-refractivity contribution is 7.91. The number of benzene rings is 1. The molecular weight excluding hydrogens is 302 g/mol. The van der Waals surface area contributed by atoms with Crippen LogP contribution in [0.25, 0.3) is 0 Å². The zero-order valence-corrected chi connectivity index (χ0v) is 13.9. The SMILES string of the molecule is CCc1noc(CNc2cccc(CS(=O)(=O)C(C)C)c2)n1. The Morgan fingerprint density at radius 2 is 2.09 bits per heavy atom. The molecule has 0 saturated carbocycles. The van der Waals surface area contributed by atoms with Crippen molar-refractivity contribution in [1.29, 1.82) is 0 Å². The van der Waals surface area contributed by atoms with E-state index in [1.807, 2.05) is 31.2 Å². The summed E-state index contributed by atoms with van der Waals surface area (Å²) >= 11 is 0. The minimum Gasteiger partial charge on any atom is -0.376 e. The topological polar surface area (TPSA) is 85.1 Å². The molecule has 0 spiro atoms. The van der Waals surface area contributed by atoms with Crippen LogP contribution in [0.4, 0.5) is 5.69 Å². The molecule has 2 rings (SSSR count). The van der Waals surface area contributed by atoms with Crippen LogP contribution >= 0.6 is 0 Å². The Morgan fingerprint density at radius 3 is 2.73 bits per heavy atom. The van der Waals surface area contributed by atoms with Crippen molar-refractivity contribution in [3.63, 3.8) is 0 Å². The first-order valence-corrected chi connectivity index (χ1v) is 8.98. The van der Waals surface area contributed by atoms with E-state index in [4.69, 9.17) is 4.52 Å². The molecule has 0 aliphatic heterocycles. The third-order valence-electron chi connectivity index (χ3n) is 3.28. The van der Waals surface area contributed by atoms with E-state index in [1.54, 1.807) is 13.8 Å². The summed E-state index contributed by atoms with van der Waals surface area (Å²) in [5.74, 6) is 1.23. The lowest BCUT2D eigenvalue weighted by molar-refractivity contribution is 0.378. The van der Waals surface area contributed by atoms with Crippen molar-refractivity contribution in [3.05, 3.63) is 41.5 Å². The minimum absolute atomic E-state index is 0.0424. The summed E-state index contributed by atoms with van der Waals surface area (Å²) in [5.41, 5.74) is 1.59. The molecule has 120 valence electrons. The zero-order valence-electron chi connectivity index (χ0n) is 13.0. The van der Waals surface area contributed by atoms with Gasteiger partial charge in [0.2, 0.25) is 5.89 Å². The van der Waals surface area contributed by atoms with Crippen LogP contribution < -0.4 is 5.32 Å². The Hall–Kier alpha value is -1.89. The fourth-order valence-electron chi connectivity index (χ4n) is 1.85. The Kier molecular flexibility index (Phi) is 5.18. The molecule has 0 bridgehead atoms. The van der Waals surface area contributed by atoms with Gasteiger partial charge in [0, 0.05) is 12.1 Å². The second-order valence-electron chi connectivity index (χ2n) is 5.37. The number of nitrogens with zero attached hydrogens (tertiary/aromatic N) is 2. The summed E-state index contributed by atoms with van der Waals surface area (Å²) in [5, 5.41) is 6.61. The van der Waals surface area contributed by atoms with Crippen LogP contribution in [-0.4, -0.2) is 23.8 Å². The van der Waals surface area contributed by atoms with Crippen molar-refractivity contribution in [2.45, 2.75) is 44.7 Å². The van der Waals surface area contributed by atoms with Gasteiger partial charge in [0.25, 0.3) is 0 Å². The molecule has 0 atom stereocenters. The summed E-state index contributed by atoms with van der Waals surface area (Å²) in [7, 11) is -3.10. The predicted octanol–water partition coefficient (Wildman–Crippen LogP) is 2.57. The number of hydrogen-bond acceptors (Lipinski definition) is 6. The van der Waals surface area contributed by atoms with E-state index in [0.29, 0.717) is 18.3 Å². The summed E-state index contributed by atoms with van der Waals surface area (Å²) in [4.78, 5) is 4.21. The van der Waals surface area contributed by atoms with Crippen molar-refractivity contribution >= 4 is 15.5 Å². The van der Waals surface area contributed by atoms with Crippen LogP contribution in [-0.2, 0) is 28.6 Å². The van der Waals surface area contributed by atoms with Gasteiger partial charge in [-0.15, -0.1) is 0 Å². The highest BCUT2D eigenvalue weighted by atomic mass is 32.2. The van der Waals surface area contributed by atoms with Gasteiger partial charge in [-0.3, -0.25) is 0 Å². The van der Waals surface area contributed by atoms with Gasteiger partial charge >= 0.3 is 0 Å². The standard InChI is InChI=1S/C15H21N3O3S/c1-4-14-17-15(21-18-14)9-16-13-7-5-6-12(8-13)10-22(19,20)11(2)3/h5-8,11,16H,4,9-10H2,1-3H3. The van der Waals surface area contributed by atoms with Gasteiger partial charge in [-0.2, -0.15) is 4.98 Å². The summed E-state index contributed by atoms with van der Waals surface area (Å²) in [6.45, 7) is 5.75. The number of aryl methyl sites for hydroxylation is 1. The maximum Gasteiger partial charge on any atom is 0.245 e. The highest BCUT2D eigenvalue weighted by Gasteiger charge is 2.16. The molecule has 22 heavy (non-hydrogen) atoms.